The molecule has 0 aromatic rings. The average molecular weight is 1400 g/mol. The largest absolute Gasteiger partial charge is 0.0845 e. The van der Waals surface area contributed by atoms with Gasteiger partial charge >= 0.3 is 0 Å². The minimum absolute atomic E-state index is 1.27. The highest BCUT2D eigenvalue weighted by molar-refractivity contribution is 5.02. The first-order valence-corrected chi connectivity index (χ1v) is 49.3. The molecule has 0 radical (unpaired) electrons. The van der Waals surface area contributed by atoms with Crippen molar-refractivity contribution in [3.63, 3.8) is 0 Å². The lowest BCUT2D eigenvalue weighted by Crippen LogP contribution is -1.85. The van der Waals surface area contributed by atoms with Crippen LogP contribution in [0.3, 0.4) is 0 Å². The molecule has 0 atom stereocenters. The molecule has 1 rings (SSSR count). The molecule has 0 heterocycles. The molecule has 0 bridgehead atoms. The number of hydrogen-bond acceptors (Lipinski definition) is 0. The van der Waals surface area contributed by atoms with Crippen molar-refractivity contribution in [3.05, 3.63) is 24.3 Å². The summed E-state index contributed by atoms with van der Waals surface area (Å²) in [6, 6.07) is 0. The monoisotopic (exact) mass is 1400 g/mol. The molecule has 0 unspecified atom stereocenters. The number of rotatable bonds is 0. The summed E-state index contributed by atoms with van der Waals surface area (Å²) >= 11 is 0. The molecule has 0 aromatic carbocycles. The molecule has 0 nitrogen and oxygen atoms in total. The fourth-order valence-corrected chi connectivity index (χ4v) is 17.1. The highest BCUT2D eigenvalue weighted by atomic mass is 14.1. The molecule has 0 saturated carbocycles. The van der Waals surface area contributed by atoms with E-state index in [0.717, 1.165) is 0 Å². The minimum atomic E-state index is 1.27. The molecule has 0 heteroatoms. The van der Waals surface area contributed by atoms with Crippen LogP contribution < -0.4 is 0 Å². The van der Waals surface area contributed by atoms with Gasteiger partial charge < -0.3 is 0 Å². The van der Waals surface area contributed by atoms with Crippen LogP contribution in [-0.4, -0.2) is 0 Å². The molecule has 0 aromatic heterocycles. The topological polar surface area (TPSA) is 0 Å². The molecular weight excluding hydrogens is 1200 g/mol. The molecule has 0 spiro atoms. The SMILES string of the molecule is C1=CCCCCCCCCCCCCCCCCCCCCCCCCCCCCCCCCCCCCCCCCCCCCCCCCCCCCCCCCCCCCCCCCCCCCCCCCCCCCCCCCCCCCCCCCCCCCCCCCC=C1. The Balaban J connectivity index is 2.02. The van der Waals surface area contributed by atoms with Crippen molar-refractivity contribution in [1.82, 2.24) is 0 Å². The summed E-state index contributed by atoms with van der Waals surface area (Å²) in [5.41, 5.74) is 0. The van der Waals surface area contributed by atoms with Gasteiger partial charge in [0.1, 0.15) is 0 Å². The summed E-state index contributed by atoms with van der Waals surface area (Å²) in [5, 5.41) is 0. The summed E-state index contributed by atoms with van der Waals surface area (Å²) in [6.07, 6.45) is 152. The molecule has 1 aliphatic carbocycles. The van der Waals surface area contributed by atoms with Crippen molar-refractivity contribution in [3.8, 4) is 0 Å². The zero-order chi connectivity index (χ0) is 70.7. The molecular formula is C100H196. The lowest BCUT2D eigenvalue weighted by Gasteiger charge is -2.05. The minimum Gasteiger partial charge on any atom is -0.0845 e. The Hall–Kier alpha value is -0.520. The first kappa shape index (κ1) is 97.5. The molecule has 0 saturated heterocycles. The molecule has 596 valence electrons. The smallest absolute Gasteiger partial charge is 0.0348 e. The van der Waals surface area contributed by atoms with Gasteiger partial charge in [-0.2, -0.15) is 0 Å². The number of allylic oxidation sites excluding steroid dienone is 4. The second-order valence-electron chi connectivity index (χ2n) is 34.7. The van der Waals surface area contributed by atoms with Crippen molar-refractivity contribution in [2.45, 2.75) is 616 Å². The Morgan fingerprint density at radius 2 is 0.110 bits per heavy atom. The third-order valence-corrected chi connectivity index (χ3v) is 24.4. The Morgan fingerprint density at radius 1 is 0.0600 bits per heavy atom. The van der Waals surface area contributed by atoms with E-state index in [1.165, 1.54) is 616 Å². The maximum atomic E-state index is 2.41. The summed E-state index contributed by atoms with van der Waals surface area (Å²) in [5.74, 6) is 0. The Kier molecular flexibility index (Phi) is 92.2. The first-order chi connectivity index (χ1) is 50.0. The van der Waals surface area contributed by atoms with Gasteiger partial charge in [0.05, 0.1) is 0 Å². The van der Waals surface area contributed by atoms with Crippen LogP contribution in [0, 0.1) is 0 Å². The predicted molar refractivity (Wildman–Crippen MR) is 462 cm³/mol. The summed E-state index contributed by atoms with van der Waals surface area (Å²) in [4.78, 5) is 0. The van der Waals surface area contributed by atoms with E-state index in [1.54, 1.807) is 0 Å². The van der Waals surface area contributed by atoms with Crippen molar-refractivity contribution in [2.75, 3.05) is 0 Å². The van der Waals surface area contributed by atoms with E-state index in [1.807, 2.05) is 0 Å². The summed E-state index contributed by atoms with van der Waals surface area (Å²) < 4.78 is 0. The summed E-state index contributed by atoms with van der Waals surface area (Å²) in [6.45, 7) is 0. The highest BCUT2D eigenvalue weighted by Crippen LogP contribution is 2.24. The third-order valence-electron chi connectivity index (χ3n) is 24.4. The van der Waals surface area contributed by atoms with Crippen LogP contribution >= 0.6 is 0 Å². The fourth-order valence-electron chi connectivity index (χ4n) is 17.1. The maximum Gasteiger partial charge on any atom is -0.0348 e. The lowest BCUT2D eigenvalue weighted by molar-refractivity contribution is 0.505. The highest BCUT2D eigenvalue weighted by Gasteiger charge is 2.04. The Morgan fingerprint density at radius 3 is 0.170 bits per heavy atom. The van der Waals surface area contributed by atoms with Gasteiger partial charge in [-0.05, 0) is 25.7 Å². The fraction of sp³-hybridized carbons (Fsp3) is 0.960. The molecule has 0 aliphatic heterocycles. The van der Waals surface area contributed by atoms with Gasteiger partial charge in [0.2, 0.25) is 0 Å². The van der Waals surface area contributed by atoms with Gasteiger partial charge in [0, 0.05) is 0 Å². The maximum absolute atomic E-state index is 2.41. The zero-order valence-corrected chi connectivity index (χ0v) is 70.2. The van der Waals surface area contributed by atoms with Gasteiger partial charge in [0.15, 0.2) is 0 Å². The lowest BCUT2D eigenvalue weighted by atomic mass is 10.0. The van der Waals surface area contributed by atoms with E-state index in [9.17, 15) is 0 Å². The van der Waals surface area contributed by atoms with E-state index in [2.05, 4.69) is 24.3 Å². The van der Waals surface area contributed by atoms with Crippen molar-refractivity contribution in [1.29, 1.82) is 0 Å². The predicted octanol–water partition coefficient (Wildman–Crippen LogP) is 38.6. The van der Waals surface area contributed by atoms with Crippen molar-refractivity contribution in [2.24, 2.45) is 0 Å². The standard InChI is InChI=1S/C100H196/c1-2-4-6-8-10-12-14-16-18-20-22-24-26-28-30-32-34-36-38-40-42-44-46-48-50-52-54-56-58-60-62-64-66-68-70-72-74-76-78-80-82-84-86-88-90-92-94-96-98-100-99-97-95-93-91-89-87-85-83-81-79-77-75-73-71-69-67-65-63-61-59-57-55-53-51-49-47-45-43-41-39-37-35-33-31-29-27-25-23-21-19-17-15-13-11-9-7-5-3-1/h1-4H,5-100H2. The van der Waals surface area contributed by atoms with Gasteiger partial charge in [-0.25, -0.2) is 0 Å². The van der Waals surface area contributed by atoms with E-state index < -0.39 is 0 Å². The molecule has 1 aliphatic rings. The normalized spacial score (nSPS) is 23.7. The Bertz CT molecular complexity index is 1310. The second kappa shape index (κ2) is 94.6. The van der Waals surface area contributed by atoms with Gasteiger partial charge in [-0.3, -0.25) is 0 Å². The van der Waals surface area contributed by atoms with Gasteiger partial charge in [0.25, 0.3) is 0 Å². The van der Waals surface area contributed by atoms with Crippen molar-refractivity contribution >= 4 is 0 Å². The average Bonchev–Trinajstić information content (AvgIpc) is 3.69. The Labute approximate surface area is 636 Å². The van der Waals surface area contributed by atoms with Gasteiger partial charge in [-0.1, -0.05) is 615 Å². The third kappa shape index (κ3) is 91.7. The second-order valence-corrected chi connectivity index (χ2v) is 34.7. The van der Waals surface area contributed by atoms with Gasteiger partial charge in [-0.15, -0.1) is 0 Å². The van der Waals surface area contributed by atoms with E-state index in [4.69, 9.17) is 0 Å². The molecule has 0 fully saturated rings. The first-order valence-electron chi connectivity index (χ1n) is 49.3. The quantitative estimate of drug-likeness (QED) is 0.227. The summed E-state index contributed by atoms with van der Waals surface area (Å²) in [7, 11) is 0. The van der Waals surface area contributed by atoms with Crippen molar-refractivity contribution < 1.29 is 0 Å². The van der Waals surface area contributed by atoms with Crippen LogP contribution in [0.2, 0.25) is 0 Å². The van der Waals surface area contributed by atoms with Crippen LogP contribution in [0.15, 0.2) is 24.3 Å². The van der Waals surface area contributed by atoms with E-state index in [0.29, 0.717) is 0 Å². The van der Waals surface area contributed by atoms with E-state index >= 15 is 0 Å². The van der Waals surface area contributed by atoms with Crippen LogP contribution in [-0.2, 0) is 0 Å². The molecule has 0 amide bonds. The van der Waals surface area contributed by atoms with E-state index in [-0.39, 0.29) is 0 Å². The zero-order valence-electron chi connectivity index (χ0n) is 70.2. The van der Waals surface area contributed by atoms with Crippen LogP contribution in [0.4, 0.5) is 0 Å². The molecule has 0 N–H and O–H groups in total. The molecule has 100 heavy (non-hydrogen) atoms. The van der Waals surface area contributed by atoms with Crippen LogP contribution in [0.1, 0.15) is 616 Å². The van der Waals surface area contributed by atoms with Crippen LogP contribution in [0.25, 0.3) is 0 Å². The number of hydrogen-bond donors (Lipinski definition) is 0. The van der Waals surface area contributed by atoms with Crippen LogP contribution in [0.5, 0.6) is 0 Å².